The van der Waals surface area contributed by atoms with Gasteiger partial charge in [0.2, 0.25) is 0 Å². The molecule has 1 N–H and O–H groups in total. The van der Waals surface area contributed by atoms with Crippen LogP contribution in [0.3, 0.4) is 0 Å². The zero-order valence-corrected chi connectivity index (χ0v) is 13.6. The third kappa shape index (κ3) is 3.35. The highest BCUT2D eigenvalue weighted by Gasteiger charge is 2.17. The zero-order chi connectivity index (χ0) is 13.8. The van der Waals surface area contributed by atoms with Crippen molar-refractivity contribution in [3.05, 3.63) is 51.5 Å². The Labute approximate surface area is 133 Å². The normalized spacial score (nSPS) is 13.8. The van der Waals surface area contributed by atoms with Crippen LogP contribution in [0.2, 0.25) is 0 Å². The number of para-hydroxylation sites is 1. The topological polar surface area (TPSA) is 28.4 Å². The van der Waals surface area contributed by atoms with Gasteiger partial charge in [0.05, 0.1) is 6.54 Å². The summed E-state index contributed by atoms with van der Waals surface area (Å²) in [6.45, 7) is 4.13. The molecule has 0 saturated heterocycles. The fraction of sp³-hybridized carbons (Fsp3) is 0.375. The van der Waals surface area contributed by atoms with Gasteiger partial charge in [-0.2, -0.15) is 0 Å². The largest absolute Gasteiger partial charge is 0.454 e. The van der Waals surface area contributed by atoms with Crippen molar-refractivity contribution in [2.24, 2.45) is 0 Å². The molecule has 106 valence electrons. The first-order chi connectivity index (χ1) is 9.83. The van der Waals surface area contributed by atoms with Crippen molar-refractivity contribution in [3.63, 3.8) is 0 Å². The number of benzene rings is 1. The number of anilines is 1. The summed E-state index contributed by atoms with van der Waals surface area (Å²) in [4.78, 5) is 2.49. The molecule has 1 aliphatic rings. The van der Waals surface area contributed by atoms with E-state index in [-0.39, 0.29) is 0 Å². The average Bonchev–Trinajstić information content (AvgIpc) is 3.05. The Hall–Kier alpha value is -1.01. The minimum Gasteiger partial charge on any atom is -0.454 e. The van der Waals surface area contributed by atoms with E-state index in [0.29, 0.717) is 0 Å². The maximum Gasteiger partial charge on any atom is 0.164 e. The van der Waals surface area contributed by atoms with Gasteiger partial charge in [0.15, 0.2) is 3.77 Å². The molecule has 2 heterocycles. The highest BCUT2D eigenvalue weighted by atomic mass is 127. The minimum absolute atomic E-state index is 0.819. The molecule has 1 aliphatic heterocycles. The van der Waals surface area contributed by atoms with Crippen LogP contribution in [0.25, 0.3) is 0 Å². The number of furan rings is 1. The van der Waals surface area contributed by atoms with E-state index in [1.54, 1.807) is 0 Å². The predicted octanol–water partition coefficient (Wildman–Crippen LogP) is 3.43. The molecule has 0 atom stereocenters. The van der Waals surface area contributed by atoms with E-state index in [1.165, 1.54) is 17.7 Å². The Morgan fingerprint density at radius 3 is 2.95 bits per heavy atom. The van der Waals surface area contributed by atoms with Gasteiger partial charge in [0, 0.05) is 18.8 Å². The molecule has 2 aromatic rings. The molecule has 1 aromatic heterocycles. The number of rotatable bonds is 6. The fourth-order valence-corrected chi connectivity index (χ4v) is 3.15. The molecular formula is C16H19IN2O. The van der Waals surface area contributed by atoms with Gasteiger partial charge in [-0.25, -0.2) is 0 Å². The van der Waals surface area contributed by atoms with E-state index in [4.69, 9.17) is 4.42 Å². The van der Waals surface area contributed by atoms with Gasteiger partial charge in [-0.05, 0) is 65.7 Å². The third-order valence-corrected chi connectivity index (χ3v) is 4.27. The SMILES string of the molecule is Ic1ccc(CNCCCN2CCc3ccccc32)o1. The van der Waals surface area contributed by atoms with Crippen LogP contribution >= 0.6 is 22.6 Å². The second kappa shape index (κ2) is 6.63. The molecule has 4 heteroatoms. The van der Waals surface area contributed by atoms with E-state index in [2.05, 4.69) is 57.1 Å². The summed E-state index contributed by atoms with van der Waals surface area (Å²) >= 11 is 2.19. The van der Waals surface area contributed by atoms with Crippen LogP contribution in [-0.4, -0.2) is 19.6 Å². The molecule has 3 rings (SSSR count). The highest BCUT2D eigenvalue weighted by molar-refractivity contribution is 14.1. The molecule has 0 aliphatic carbocycles. The monoisotopic (exact) mass is 382 g/mol. The standard InChI is InChI=1S/C16H19IN2O/c17-16-7-6-14(20-16)12-18-9-3-10-19-11-8-13-4-1-2-5-15(13)19/h1-2,4-7,18H,3,8-12H2. The first kappa shape index (κ1) is 13.9. The van der Waals surface area contributed by atoms with Crippen LogP contribution in [0.15, 0.2) is 40.8 Å². The fourth-order valence-electron chi connectivity index (χ4n) is 2.69. The first-order valence-corrected chi connectivity index (χ1v) is 8.18. The van der Waals surface area contributed by atoms with Crippen molar-refractivity contribution in [2.45, 2.75) is 19.4 Å². The zero-order valence-electron chi connectivity index (χ0n) is 11.4. The molecule has 0 spiro atoms. The van der Waals surface area contributed by atoms with E-state index in [0.717, 1.165) is 42.1 Å². The Morgan fingerprint density at radius 1 is 1.20 bits per heavy atom. The van der Waals surface area contributed by atoms with Crippen LogP contribution in [-0.2, 0) is 13.0 Å². The summed E-state index contributed by atoms with van der Waals surface area (Å²) in [6, 6.07) is 12.8. The molecule has 1 aromatic carbocycles. The van der Waals surface area contributed by atoms with Gasteiger partial charge >= 0.3 is 0 Å². The van der Waals surface area contributed by atoms with Crippen molar-refractivity contribution in [3.8, 4) is 0 Å². The summed E-state index contributed by atoms with van der Waals surface area (Å²) in [5.74, 6) is 1.01. The summed E-state index contributed by atoms with van der Waals surface area (Å²) in [5.41, 5.74) is 2.92. The quantitative estimate of drug-likeness (QED) is 0.613. The summed E-state index contributed by atoms with van der Waals surface area (Å²) in [5, 5.41) is 3.44. The van der Waals surface area contributed by atoms with Crippen molar-refractivity contribution in [1.82, 2.24) is 5.32 Å². The molecule has 0 fully saturated rings. The molecular weight excluding hydrogens is 363 g/mol. The molecule has 20 heavy (non-hydrogen) atoms. The van der Waals surface area contributed by atoms with Crippen LogP contribution in [0.1, 0.15) is 17.7 Å². The molecule has 0 radical (unpaired) electrons. The summed E-state index contributed by atoms with van der Waals surface area (Å²) in [7, 11) is 0. The number of hydrogen-bond acceptors (Lipinski definition) is 3. The average molecular weight is 382 g/mol. The number of nitrogens with one attached hydrogen (secondary N) is 1. The highest BCUT2D eigenvalue weighted by Crippen LogP contribution is 2.27. The summed E-state index contributed by atoms with van der Waals surface area (Å²) < 4.78 is 6.48. The van der Waals surface area contributed by atoms with E-state index in [9.17, 15) is 0 Å². The molecule has 3 nitrogen and oxygen atoms in total. The van der Waals surface area contributed by atoms with Crippen LogP contribution in [0, 0.1) is 3.77 Å². The van der Waals surface area contributed by atoms with Gasteiger partial charge in [-0.15, -0.1) is 0 Å². The first-order valence-electron chi connectivity index (χ1n) is 7.11. The minimum atomic E-state index is 0.819. The number of hydrogen-bond donors (Lipinski definition) is 1. The van der Waals surface area contributed by atoms with Crippen LogP contribution in [0.4, 0.5) is 5.69 Å². The number of halogens is 1. The van der Waals surface area contributed by atoms with E-state index >= 15 is 0 Å². The van der Waals surface area contributed by atoms with Gasteiger partial charge in [0.1, 0.15) is 5.76 Å². The lowest BCUT2D eigenvalue weighted by Crippen LogP contribution is -2.25. The molecule has 0 unspecified atom stereocenters. The van der Waals surface area contributed by atoms with E-state index < -0.39 is 0 Å². The smallest absolute Gasteiger partial charge is 0.164 e. The van der Waals surface area contributed by atoms with Crippen molar-refractivity contribution in [2.75, 3.05) is 24.5 Å². The Kier molecular flexibility index (Phi) is 4.62. The number of fused-ring (bicyclic) bond motifs is 1. The van der Waals surface area contributed by atoms with Gasteiger partial charge in [-0.3, -0.25) is 0 Å². The molecule has 0 bridgehead atoms. The second-order valence-electron chi connectivity index (χ2n) is 5.10. The second-order valence-corrected chi connectivity index (χ2v) is 6.17. The Bertz CT molecular complexity index is 567. The lowest BCUT2D eigenvalue weighted by atomic mass is 10.2. The molecule has 0 amide bonds. The van der Waals surface area contributed by atoms with Crippen molar-refractivity contribution < 1.29 is 4.42 Å². The van der Waals surface area contributed by atoms with Gasteiger partial charge < -0.3 is 14.6 Å². The van der Waals surface area contributed by atoms with Gasteiger partial charge in [0.25, 0.3) is 0 Å². The molecule has 0 saturated carbocycles. The Balaban J connectivity index is 1.39. The summed E-state index contributed by atoms with van der Waals surface area (Å²) in [6.07, 6.45) is 2.35. The lowest BCUT2D eigenvalue weighted by molar-refractivity contribution is 0.462. The van der Waals surface area contributed by atoms with Gasteiger partial charge in [-0.1, -0.05) is 18.2 Å². The van der Waals surface area contributed by atoms with Crippen LogP contribution < -0.4 is 10.2 Å². The maximum atomic E-state index is 5.52. The third-order valence-electron chi connectivity index (χ3n) is 3.69. The maximum absolute atomic E-state index is 5.52. The van der Waals surface area contributed by atoms with Crippen molar-refractivity contribution >= 4 is 28.3 Å². The van der Waals surface area contributed by atoms with Crippen molar-refractivity contribution in [1.29, 1.82) is 0 Å². The van der Waals surface area contributed by atoms with E-state index in [1.807, 2.05) is 12.1 Å². The van der Waals surface area contributed by atoms with Crippen LogP contribution in [0.5, 0.6) is 0 Å². The lowest BCUT2D eigenvalue weighted by Gasteiger charge is -2.19. The number of nitrogens with zero attached hydrogens (tertiary/aromatic N) is 1. The predicted molar refractivity (Wildman–Crippen MR) is 90.1 cm³/mol. The Morgan fingerprint density at radius 2 is 2.10 bits per heavy atom.